The van der Waals surface area contributed by atoms with Crippen LogP contribution in [-0.4, -0.2) is 79.0 Å². The van der Waals surface area contributed by atoms with Crippen LogP contribution in [0.25, 0.3) is 22.3 Å². The van der Waals surface area contributed by atoms with Crippen molar-refractivity contribution in [3.8, 4) is 11.4 Å². The molecule has 0 radical (unpaired) electrons. The molecule has 258 valence electrons. The summed E-state index contributed by atoms with van der Waals surface area (Å²) in [4.78, 5) is 58.8. The molecule has 3 heterocycles. The molecule has 3 aromatic rings. The molecule has 48 heavy (non-hydrogen) atoms. The number of nitrogens with one attached hydrogen (secondary N) is 2. The number of carbonyl (C=O) groups excluding carboxylic acids is 4. The smallest absolute Gasteiger partial charge is 0.307 e. The fraction of sp³-hybridized carbons (Fsp3) is 0.571. The number of nitrogens with zero attached hydrogens (tertiary/aromatic N) is 3. The average molecular weight is 678 g/mol. The number of aryl methyl sites for hydroxylation is 2. The minimum atomic E-state index is -1.59. The number of fused-ring (bicyclic) bond motifs is 6. The standard InChI is InChI=1S/C35H47N5O7Si/c1-6-46-30(42)17-35(18-31(43)47-7-2)26-16-27-25(15-28(26)40(34(35)44)20-29(41)36-23-11-12-23)24-10-8-9-22-19-39(38-32(22)33(24)37-27)21-45-13-14-48(3,4)5/h15-16,19,23,37H,6-14,17-18,20-21H2,1-5H3,(H,36,41). The molecule has 12 nitrogen and oxygen atoms in total. The number of H-pyrrole nitrogens is 1. The van der Waals surface area contributed by atoms with E-state index in [1.165, 1.54) is 4.90 Å². The summed E-state index contributed by atoms with van der Waals surface area (Å²) < 4.78 is 18.5. The van der Waals surface area contributed by atoms with Gasteiger partial charge in [0.15, 0.2) is 0 Å². The van der Waals surface area contributed by atoms with Crippen LogP contribution in [0.2, 0.25) is 25.7 Å². The van der Waals surface area contributed by atoms with Gasteiger partial charge in [-0.15, -0.1) is 0 Å². The third-order valence-corrected chi connectivity index (χ3v) is 11.1. The van der Waals surface area contributed by atoms with E-state index in [0.717, 1.165) is 71.6 Å². The molecule has 0 unspecified atom stereocenters. The van der Waals surface area contributed by atoms with Gasteiger partial charge in [-0.25, -0.2) is 4.68 Å². The highest BCUT2D eigenvalue weighted by Gasteiger charge is 2.54. The summed E-state index contributed by atoms with van der Waals surface area (Å²) in [5.41, 5.74) is 4.18. The Labute approximate surface area is 281 Å². The van der Waals surface area contributed by atoms with Gasteiger partial charge in [0.25, 0.3) is 0 Å². The molecule has 2 N–H and O–H groups in total. The first-order chi connectivity index (χ1) is 22.9. The minimum Gasteiger partial charge on any atom is -0.466 e. The van der Waals surface area contributed by atoms with E-state index in [-0.39, 0.29) is 44.5 Å². The van der Waals surface area contributed by atoms with Crippen molar-refractivity contribution in [2.45, 2.75) is 103 Å². The van der Waals surface area contributed by atoms with Crippen LogP contribution < -0.4 is 10.2 Å². The zero-order valence-corrected chi connectivity index (χ0v) is 29.7. The minimum absolute atomic E-state index is 0.112. The largest absolute Gasteiger partial charge is 0.466 e. The number of benzene rings is 1. The molecule has 1 aromatic carbocycles. The van der Waals surface area contributed by atoms with Crippen molar-refractivity contribution in [3.63, 3.8) is 0 Å². The molecule has 1 fully saturated rings. The lowest BCUT2D eigenvalue weighted by Gasteiger charge is -2.27. The Bertz CT molecular complexity index is 1710. The lowest BCUT2D eigenvalue weighted by Crippen LogP contribution is -2.47. The second-order valence-corrected chi connectivity index (χ2v) is 20.0. The molecule has 0 bridgehead atoms. The average Bonchev–Trinajstić information content (AvgIpc) is 3.62. The maximum absolute atomic E-state index is 14.5. The number of aromatic nitrogens is 3. The summed E-state index contributed by atoms with van der Waals surface area (Å²) in [6.45, 7) is 11.5. The van der Waals surface area contributed by atoms with E-state index in [1.54, 1.807) is 13.8 Å². The molecule has 1 saturated carbocycles. The number of hydrogen-bond acceptors (Lipinski definition) is 8. The van der Waals surface area contributed by atoms with Gasteiger partial charge >= 0.3 is 11.9 Å². The van der Waals surface area contributed by atoms with E-state index in [9.17, 15) is 19.2 Å². The fourth-order valence-corrected chi connectivity index (χ4v) is 7.63. The lowest BCUT2D eigenvalue weighted by molar-refractivity contribution is -0.151. The zero-order valence-electron chi connectivity index (χ0n) is 28.7. The van der Waals surface area contributed by atoms with E-state index < -0.39 is 31.3 Å². The second kappa shape index (κ2) is 13.5. The number of amides is 2. The van der Waals surface area contributed by atoms with Crippen molar-refractivity contribution in [2.24, 2.45) is 0 Å². The predicted octanol–water partition coefficient (Wildman–Crippen LogP) is 4.60. The molecule has 2 amide bonds. The van der Waals surface area contributed by atoms with Crippen molar-refractivity contribution in [1.29, 1.82) is 0 Å². The predicted molar refractivity (Wildman–Crippen MR) is 183 cm³/mol. The monoisotopic (exact) mass is 677 g/mol. The quantitative estimate of drug-likeness (QED) is 0.143. The summed E-state index contributed by atoms with van der Waals surface area (Å²) in [5.74, 6) is -1.97. The van der Waals surface area contributed by atoms with Gasteiger partial charge in [-0.3, -0.25) is 19.2 Å². The number of ether oxygens (including phenoxy) is 3. The van der Waals surface area contributed by atoms with Crippen molar-refractivity contribution >= 4 is 48.4 Å². The van der Waals surface area contributed by atoms with Gasteiger partial charge in [0, 0.05) is 43.5 Å². The Balaban J connectivity index is 1.42. The maximum Gasteiger partial charge on any atom is 0.307 e. The highest BCUT2D eigenvalue weighted by atomic mass is 28.3. The molecule has 2 aromatic heterocycles. The molecular formula is C35H47N5O7Si. The highest BCUT2D eigenvalue weighted by molar-refractivity contribution is 6.76. The van der Waals surface area contributed by atoms with Gasteiger partial charge in [-0.2, -0.15) is 5.10 Å². The van der Waals surface area contributed by atoms with Crippen LogP contribution in [0.4, 0.5) is 5.69 Å². The Morgan fingerprint density at radius 1 is 1.06 bits per heavy atom. The van der Waals surface area contributed by atoms with Crippen LogP contribution in [0.3, 0.4) is 0 Å². The Kier molecular flexibility index (Phi) is 9.54. The Morgan fingerprint density at radius 2 is 1.77 bits per heavy atom. The zero-order chi connectivity index (χ0) is 34.2. The lowest BCUT2D eigenvalue weighted by atomic mass is 9.75. The van der Waals surface area contributed by atoms with Crippen molar-refractivity contribution < 1.29 is 33.4 Å². The van der Waals surface area contributed by atoms with E-state index >= 15 is 0 Å². The second-order valence-electron chi connectivity index (χ2n) is 14.4. The van der Waals surface area contributed by atoms with Crippen LogP contribution in [0, 0.1) is 0 Å². The normalized spacial score (nSPS) is 16.7. The summed E-state index contributed by atoms with van der Waals surface area (Å²) in [6.07, 6.45) is 5.74. The van der Waals surface area contributed by atoms with E-state index in [2.05, 4.69) is 36.1 Å². The topological polar surface area (TPSA) is 145 Å². The number of aromatic amines is 1. The van der Waals surface area contributed by atoms with Gasteiger partial charge in [0.1, 0.15) is 19.0 Å². The first-order valence-electron chi connectivity index (χ1n) is 17.2. The summed E-state index contributed by atoms with van der Waals surface area (Å²) in [7, 11) is -1.20. The summed E-state index contributed by atoms with van der Waals surface area (Å²) >= 11 is 0. The van der Waals surface area contributed by atoms with Crippen LogP contribution >= 0.6 is 0 Å². The summed E-state index contributed by atoms with van der Waals surface area (Å²) in [6, 6.07) is 4.99. The van der Waals surface area contributed by atoms with Gasteiger partial charge in [-0.1, -0.05) is 19.6 Å². The number of carbonyl (C=O) groups is 4. The van der Waals surface area contributed by atoms with Gasteiger partial charge in [0.05, 0.1) is 37.2 Å². The van der Waals surface area contributed by atoms with Crippen molar-refractivity contribution in [1.82, 2.24) is 20.1 Å². The Hall–Kier alpha value is -3.97. The van der Waals surface area contributed by atoms with Gasteiger partial charge in [-0.05, 0) is 80.8 Å². The fourth-order valence-electron chi connectivity index (χ4n) is 6.87. The van der Waals surface area contributed by atoms with E-state index in [0.29, 0.717) is 24.6 Å². The molecule has 0 atom stereocenters. The maximum atomic E-state index is 14.5. The first-order valence-corrected chi connectivity index (χ1v) is 20.9. The van der Waals surface area contributed by atoms with Crippen LogP contribution in [0.5, 0.6) is 0 Å². The first kappa shape index (κ1) is 33.9. The molecule has 6 rings (SSSR count). The molecule has 13 heteroatoms. The van der Waals surface area contributed by atoms with E-state index in [1.807, 2.05) is 16.8 Å². The molecule has 0 spiro atoms. The number of anilines is 1. The van der Waals surface area contributed by atoms with Crippen molar-refractivity contribution in [3.05, 3.63) is 35.0 Å². The Morgan fingerprint density at radius 3 is 2.42 bits per heavy atom. The van der Waals surface area contributed by atoms with Gasteiger partial charge < -0.3 is 29.4 Å². The third kappa shape index (κ3) is 6.93. The molecule has 2 aliphatic carbocycles. The SMILES string of the molecule is CCOC(=O)CC1(CC(=O)OCC)C(=O)N(CC(=O)NC2CC2)c2cc3c4c([nH]c3cc21)-c1nn(COCC[Si](C)(C)C)cc1CCC4. The molecule has 1 aliphatic heterocycles. The highest BCUT2D eigenvalue weighted by Crippen LogP contribution is 2.50. The van der Waals surface area contributed by atoms with Crippen LogP contribution in [-0.2, 0) is 58.4 Å². The van der Waals surface area contributed by atoms with Crippen molar-refractivity contribution in [2.75, 3.05) is 31.3 Å². The van der Waals surface area contributed by atoms with Crippen LogP contribution in [0.1, 0.15) is 62.6 Å². The summed E-state index contributed by atoms with van der Waals surface area (Å²) in [5, 5.41) is 8.83. The molecule has 0 saturated heterocycles. The third-order valence-electron chi connectivity index (χ3n) is 9.40. The van der Waals surface area contributed by atoms with E-state index in [4.69, 9.17) is 19.3 Å². The molecular weight excluding hydrogens is 630 g/mol. The van der Waals surface area contributed by atoms with Crippen LogP contribution in [0.15, 0.2) is 18.3 Å². The number of hydrogen-bond donors (Lipinski definition) is 2. The van der Waals surface area contributed by atoms with Gasteiger partial charge in [0.2, 0.25) is 11.8 Å². The molecule has 3 aliphatic rings. The number of esters is 2. The number of rotatable bonds is 14.